The van der Waals surface area contributed by atoms with Gasteiger partial charge in [0, 0.05) is 23.5 Å². The van der Waals surface area contributed by atoms with Crippen LogP contribution in [0.1, 0.15) is 74.8 Å². The van der Waals surface area contributed by atoms with Crippen LogP contribution in [-0.4, -0.2) is 21.0 Å². The molecule has 194 valence electrons. The van der Waals surface area contributed by atoms with E-state index in [1.54, 1.807) is 6.92 Å². The van der Waals surface area contributed by atoms with Gasteiger partial charge in [0.25, 0.3) is 0 Å². The number of aromatic nitrogens is 2. The van der Waals surface area contributed by atoms with Crippen LogP contribution in [0.3, 0.4) is 0 Å². The Hall–Kier alpha value is -2.80. The normalized spacial score (nSPS) is 11.0. The first-order chi connectivity index (χ1) is 16.5. The molecule has 3 rings (SSSR count). The van der Waals surface area contributed by atoms with Gasteiger partial charge in [-0.05, 0) is 74.8 Å². The predicted molar refractivity (Wildman–Crippen MR) is 147 cm³/mol. The fourth-order valence-corrected chi connectivity index (χ4v) is 4.59. The van der Waals surface area contributed by atoms with E-state index in [-0.39, 0.29) is 24.6 Å². The van der Waals surface area contributed by atoms with E-state index in [0.717, 1.165) is 56.9 Å². The molecular formula is C29H38ClN3O3. The lowest BCUT2D eigenvalue weighted by Crippen LogP contribution is -2.14. The molecule has 36 heavy (non-hydrogen) atoms. The number of halogens is 1. The van der Waals surface area contributed by atoms with Crippen LogP contribution in [0.15, 0.2) is 24.3 Å². The summed E-state index contributed by atoms with van der Waals surface area (Å²) in [5.74, 6) is -0.488. The Kier molecular flexibility index (Phi) is 10.2. The van der Waals surface area contributed by atoms with Gasteiger partial charge >= 0.3 is 5.97 Å². The van der Waals surface area contributed by atoms with Crippen LogP contribution in [0, 0.1) is 40.5 Å². The maximum absolute atomic E-state index is 11.6. The van der Waals surface area contributed by atoms with Crippen molar-refractivity contribution >= 4 is 18.4 Å². The first-order valence-corrected chi connectivity index (χ1v) is 12.1. The number of aryl methyl sites for hydroxylation is 3. The molecule has 0 aliphatic heterocycles. The fraction of sp³-hybridized carbons (Fsp3) is 0.414. The summed E-state index contributed by atoms with van der Waals surface area (Å²) in [5.41, 5.74) is 16.9. The van der Waals surface area contributed by atoms with Gasteiger partial charge in [-0.1, -0.05) is 43.7 Å². The molecule has 0 fully saturated rings. The molecule has 0 amide bonds. The molecule has 0 atom stereocenters. The summed E-state index contributed by atoms with van der Waals surface area (Å²) in [4.78, 5) is 21.1. The van der Waals surface area contributed by atoms with Crippen LogP contribution in [-0.2, 0) is 30.9 Å². The maximum atomic E-state index is 11.6. The molecule has 3 N–H and O–H groups in total. The average Bonchev–Trinajstić information content (AvgIpc) is 2.78. The van der Waals surface area contributed by atoms with E-state index in [1.807, 2.05) is 20.8 Å². The summed E-state index contributed by atoms with van der Waals surface area (Å²) in [6, 6.07) is 8.49. The average molecular weight is 512 g/mol. The Labute approximate surface area is 220 Å². The summed E-state index contributed by atoms with van der Waals surface area (Å²) in [7, 11) is 0. The monoisotopic (exact) mass is 511 g/mol. The Morgan fingerprint density at radius 2 is 1.53 bits per heavy atom. The number of nitrogens with two attached hydrogens (primary N) is 1. The molecular weight excluding hydrogens is 474 g/mol. The highest BCUT2D eigenvalue weighted by molar-refractivity contribution is 5.91. The third-order valence-electron chi connectivity index (χ3n) is 6.57. The minimum absolute atomic E-state index is 0. The Morgan fingerprint density at radius 1 is 0.917 bits per heavy atom. The number of nitrogens with zero attached hydrogens (tertiary/aromatic N) is 2. The van der Waals surface area contributed by atoms with Crippen molar-refractivity contribution in [1.29, 1.82) is 0 Å². The number of rotatable bonds is 9. The van der Waals surface area contributed by atoms with Crippen molar-refractivity contribution in [2.24, 2.45) is 11.7 Å². The lowest BCUT2D eigenvalue weighted by Gasteiger charge is -2.21. The summed E-state index contributed by atoms with van der Waals surface area (Å²) in [6.07, 6.45) is 0.866. The van der Waals surface area contributed by atoms with Gasteiger partial charge in [0.1, 0.15) is 0 Å². The molecule has 0 radical (unpaired) electrons. The highest BCUT2D eigenvalue weighted by Gasteiger charge is 2.21. The van der Waals surface area contributed by atoms with E-state index >= 15 is 0 Å². The van der Waals surface area contributed by atoms with E-state index in [4.69, 9.17) is 15.5 Å². The van der Waals surface area contributed by atoms with Crippen molar-refractivity contribution in [2.45, 2.75) is 74.6 Å². The van der Waals surface area contributed by atoms with Crippen molar-refractivity contribution in [1.82, 2.24) is 9.97 Å². The molecule has 0 aliphatic rings. The van der Waals surface area contributed by atoms with Crippen LogP contribution in [0.25, 0.3) is 11.1 Å². The maximum Gasteiger partial charge on any atom is 0.337 e. The lowest BCUT2D eigenvalue weighted by atomic mass is 9.90. The van der Waals surface area contributed by atoms with E-state index in [0.29, 0.717) is 24.8 Å². The molecule has 0 saturated carbocycles. The van der Waals surface area contributed by atoms with Gasteiger partial charge < -0.3 is 15.6 Å². The minimum atomic E-state index is -0.955. The van der Waals surface area contributed by atoms with Crippen molar-refractivity contribution in [3.8, 4) is 11.1 Å². The zero-order valence-electron chi connectivity index (χ0n) is 22.4. The first-order valence-electron chi connectivity index (χ1n) is 12.1. The second-order valence-corrected chi connectivity index (χ2v) is 9.71. The Morgan fingerprint density at radius 3 is 2.08 bits per heavy atom. The van der Waals surface area contributed by atoms with Crippen LogP contribution >= 0.6 is 12.4 Å². The summed E-state index contributed by atoms with van der Waals surface area (Å²) in [5, 5.41) is 9.51. The van der Waals surface area contributed by atoms with Crippen molar-refractivity contribution in [2.75, 3.05) is 0 Å². The van der Waals surface area contributed by atoms with Gasteiger partial charge in [-0.25, -0.2) is 4.79 Å². The van der Waals surface area contributed by atoms with E-state index in [9.17, 15) is 9.90 Å². The van der Waals surface area contributed by atoms with Crippen LogP contribution in [0.4, 0.5) is 0 Å². The standard InChI is InChI=1S/C29H37N3O3.ClH/c1-16(2)12-25-23(13-30)28(22-10-8-17(3)9-11-22)24(20(6)31-25)14-35-15-26-18(4)19(5)27(29(33)34)21(7)32-26;/h8-11,16H,12-15,30H2,1-7H3,(H,33,34);1H. The number of ether oxygens (including phenoxy) is 1. The topological polar surface area (TPSA) is 98.3 Å². The van der Waals surface area contributed by atoms with E-state index in [2.05, 4.69) is 50.0 Å². The second-order valence-electron chi connectivity index (χ2n) is 9.71. The fourth-order valence-electron chi connectivity index (χ4n) is 4.59. The van der Waals surface area contributed by atoms with Gasteiger partial charge in [0.2, 0.25) is 0 Å². The molecule has 3 aromatic rings. The molecule has 2 aromatic heterocycles. The number of pyridine rings is 2. The SMILES string of the molecule is Cc1ccc(-c2c(COCc3nc(C)c(C(=O)O)c(C)c3C)c(C)nc(CC(C)C)c2CN)cc1.Cl. The third kappa shape index (κ3) is 6.30. The predicted octanol–water partition coefficient (Wildman–Crippen LogP) is 6.18. The van der Waals surface area contributed by atoms with Crippen LogP contribution in [0.2, 0.25) is 0 Å². The number of hydrogen-bond acceptors (Lipinski definition) is 5. The minimum Gasteiger partial charge on any atom is -0.478 e. The molecule has 6 nitrogen and oxygen atoms in total. The summed E-state index contributed by atoms with van der Waals surface area (Å²) < 4.78 is 6.19. The van der Waals surface area contributed by atoms with Crippen LogP contribution in [0.5, 0.6) is 0 Å². The highest BCUT2D eigenvalue weighted by Crippen LogP contribution is 2.33. The number of hydrogen-bond donors (Lipinski definition) is 2. The largest absolute Gasteiger partial charge is 0.478 e. The second kappa shape index (κ2) is 12.4. The molecule has 0 spiro atoms. The number of aromatic carboxylic acids is 1. The van der Waals surface area contributed by atoms with Crippen molar-refractivity contribution in [3.63, 3.8) is 0 Å². The van der Waals surface area contributed by atoms with E-state index in [1.165, 1.54) is 5.56 Å². The van der Waals surface area contributed by atoms with E-state index < -0.39 is 5.97 Å². The van der Waals surface area contributed by atoms with Crippen molar-refractivity contribution in [3.05, 3.63) is 80.4 Å². The molecule has 1 aromatic carbocycles. The summed E-state index contributed by atoms with van der Waals surface area (Å²) >= 11 is 0. The first kappa shape index (κ1) is 29.4. The number of carbonyl (C=O) groups is 1. The number of carboxylic acid groups (broad SMARTS) is 1. The quantitative estimate of drug-likeness (QED) is 0.356. The molecule has 7 heteroatoms. The molecule has 0 aliphatic carbocycles. The molecule has 0 saturated heterocycles. The van der Waals surface area contributed by atoms with Gasteiger partial charge in [-0.15, -0.1) is 12.4 Å². The molecule has 0 bridgehead atoms. The Bertz CT molecular complexity index is 1240. The van der Waals surface area contributed by atoms with Gasteiger partial charge in [-0.3, -0.25) is 9.97 Å². The molecule has 0 unspecified atom stereocenters. The molecule has 2 heterocycles. The van der Waals surface area contributed by atoms with Gasteiger partial charge in [-0.2, -0.15) is 0 Å². The van der Waals surface area contributed by atoms with Crippen LogP contribution < -0.4 is 5.73 Å². The smallest absolute Gasteiger partial charge is 0.337 e. The Balaban J connectivity index is 0.00000456. The van der Waals surface area contributed by atoms with Gasteiger partial charge in [0.15, 0.2) is 0 Å². The van der Waals surface area contributed by atoms with Crippen molar-refractivity contribution < 1.29 is 14.6 Å². The zero-order valence-corrected chi connectivity index (χ0v) is 23.2. The lowest BCUT2D eigenvalue weighted by molar-refractivity contribution is 0.0693. The summed E-state index contributed by atoms with van der Waals surface area (Å²) in [6.45, 7) is 15.0. The van der Waals surface area contributed by atoms with Gasteiger partial charge in [0.05, 0.1) is 30.2 Å². The number of carboxylic acids is 1. The zero-order chi connectivity index (χ0) is 25.9. The highest BCUT2D eigenvalue weighted by atomic mass is 35.5. The third-order valence-corrected chi connectivity index (χ3v) is 6.57. The number of benzene rings is 1.